The first-order valence-corrected chi connectivity index (χ1v) is 6.39. The standard InChI is InChI=1S/C13H29NO/c1-6-9-14-12(11-15-10-7-2)13(4,5)8-3/h12,14H,6-11H2,1-5H3. The molecular formula is C13H29NO. The summed E-state index contributed by atoms with van der Waals surface area (Å²) in [5.74, 6) is 0. The van der Waals surface area contributed by atoms with Gasteiger partial charge in [-0.05, 0) is 31.2 Å². The molecule has 1 N–H and O–H groups in total. The van der Waals surface area contributed by atoms with Gasteiger partial charge in [0, 0.05) is 12.6 Å². The molecule has 0 aliphatic rings. The molecule has 0 fully saturated rings. The zero-order valence-corrected chi connectivity index (χ0v) is 11.2. The molecule has 0 aromatic heterocycles. The Hall–Kier alpha value is -0.0800. The Morgan fingerprint density at radius 2 is 1.80 bits per heavy atom. The average molecular weight is 215 g/mol. The molecule has 15 heavy (non-hydrogen) atoms. The summed E-state index contributed by atoms with van der Waals surface area (Å²) in [6, 6.07) is 0.481. The van der Waals surface area contributed by atoms with E-state index in [2.05, 4.69) is 39.9 Å². The third-order valence-electron chi connectivity index (χ3n) is 3.13. The van der Waals surface area contributed by atoms with Gasteiger partial charge in [-0.3, -0.25) is 0 Å². The smallest absolute Gasteiger partial charge is 0.0624 e. The van der Waals surface area contributed by atoms with E-state index in [-0.39, 0.29) is 0 Å². The van der Waals surface area contributed by atoms with Gasteiger partial charge >= 0.3 is 0 Å². The Balaban J connectivity index is 4.05. The normalized spacial score (nSPS) is 14.2. The lowest BCUT2D eigenvalue weighted by molar-refractivity contribution is 0.0683. The van der Waals surface area contributed by atoms with Gasteiger partial charge in [0.2, 0.25) is 0 Å². The molecular weight excluding hydrogens is 186 g/mol. The Labute approximate surface area is 95.8 Å². The molecule has 1 atom stereocenters. The van der Waals surface area contributed by atoms with Gasteiger partial charge in [0.1, 0.15) is 0 Å². The van der Waals surface area contributed by atoms with E-state index < -0.39 is 0 Å². The second-order valence-electron chi connectivity index (χ2n) is 4.92. The van der Waals surface area contributed by atoms with Crippen LogP contribution in [0.2, 0.25) is 0 Å². The number of hydrogen-bond acceptors (Lipinski definition) is 2. The van der Waals surface area contributed by atoms with Gasteiger partial charge in [0.25, 0.3) is 0 Å². The molecule has 0 aromatic rings. The minimum Gasteiger partial charge on any atom is -0.380 e. The molecule has 92 valence electrons. The van der Waals surface area contributed by atoms with Crippen molar-refractivity contribution in [1.82, 2.24) is 5.32 Å². The molecule has 1 unspecified atom stereocenters. The Bertz CT molecular complexity index is 145. The minimum atomic E-state index is 0.322. The van der Waals surface area contributed by atoms with Crippen LogP contribution in [0.1, 0.15) is 53.9 Å². The van der Waals surface area contributed by atoms with Crippen LogP contribution in [0.5, 0.6) is 0 Å². The van der Waals surface area contributed by atoms with Crippen LogP contribution < -0.4 is 5.32 Å². The molecule has 0 bridgehead atoms. The summed E-state index contributed by atoms with van der Waals surface area (Å²) in [5.41, 5.74) is 0.322. The fraction of sp³-hybridized carbons (Fsp3) is 1.00. The number of rotatable bonds is 9. The van der Waals surface area contributed by atoms with Crippen molar-refractivity contribution >= 4 is 0 Å². The Morgan fingerprint density at radius 1 is 1.13 bits per heavy atom. The maximum atomic E-state index is 5.67. The number of nitrogens with one attached hydrogen (secondary N) is 1. The van der Waals surface area contributed by atoms with Gasteiger partial charge < -0.3 is 10.1 Å². The molecule has 0 spiro atoms. The van der Waals surface area contributed by atoms with Gasteiger partial charge in [-0.2, -0.15) is 0 Å². The van der Waals surface area contributed by atoms with Crippen molar-refractivity contribution in [1.29, 1.82) is 0 Å². The molecule has 0 saturated heterocycles. The molecule has 0 rings (SSSR count). The zero-order valence-electron chi connectivity index (χ0n) is 11.2. The maximum absolute atomic E-state index is 5.67. The van der Waals surface area contributed by atoms with Crippen LogP contribution >= 0.6 is 0 Å². The molecule has 2 heteroatoms. The highest BCUT2D eigenvalue weighted by molar-refractivity contribution is 4.82. The molecule has 0 amide bonds. The van der Waals surface area contributed by atoms with Gasteiger partial charge in [0.15, 0.2) is 0 Å². The number of hydrogen-bond donors (Lipinski definition) is 1. The minimum absolute atomic E-state index is 0.322. The molecule has 0 aliphatic heterocycles. The lowest BCUT2D eigenvalue weighted by Crippen LogP contribution is -2.45. The van der Waals surface area contributed by atoms with Crippen molar-refractivity contribution in [3.63, 3.8) is 0 Å². The summed E-state index contributed by atoms with van der Waals surface area (Å²) in [6.07, 6.45) is 3.47. The van der Waals surface area contributed by atoms with Crippen LogP contribution in [-0.4, -0.2) is 25.8 Å². The average Bonchev–Trinajstić information content (AvgIpc) is 2.23. The van der Waals surface area contributed by atoms with Crippen LogP contribution in [0.15, 0.2) is 0 Å². The summed E-state index contributed by atoms with van der Waals surface area (Å²) in [7, 11) is 0. The summed E-state index contributed by atoms with van der Waals surface area (Å²) in [4.78, 5) is 0. The molecule has 0 radical (unpaired) electrons. The monoisotopic (exact) mass is 215 g/mol. The fourth-order valence-corrected chi connectivity index (χ4v) is 1.47. The Morgan fingerprint density at radius 3 is 2.27 bits per heavy atom. The van der Waals surface area contributed by atoms with Crippen LogP contribution in [0.3, 0.4) is 0 Å². The predicted octanol–water partition coefficient (Wildman–Crippen LogP) is 3.22. The SMILES string of the molecule is CCCNC(COCCC)C(C)(C)CC. The lowest BCUT2D eigenvalue weighted by atomic mass is 9.82. The fourth-order valence-electron chi connectivity index (χ4n) is 1.47. The second kappa shape index (κ2) is 8.12. The van der Waals surface area contributed by atoms with Crippen LogP contribution in [-0.2, 0) is 4.74 Å². The quantitative estimate of drug-likeness (QED) is 0.596. The van der Waals surface area contributed by atoms with Gasteiger partial charge in [-0.15, -0.1) is 0 Å². The summed E-state index contributed by atoms with van der Waals surface area (Å²) in [5, 5.41) is 3.59. The summed E-state index contributed by atoms with van der Waals surface area (Å²) >= 11 is 0. The van der Waals surface area contributed by atoms with Crippen molar-refractivity contribution < 1.29 is 4.74 Å². The molecule has 0 aromatic carbocycles. The highest BCUT2D eigenvalue weighted by Gasteiger charge is 2.26. The third-order valence-corrected chi connectivity index (χ3v) is 3.13. The summed E-state index contributed by atoms with van der Waals surface area (Å²) in [6.45, 7) is 14.0. The summed E-state index contributed by atoms with van der Waals surface area (Å²) < 4.78 is 5.67. The van der Waals surface area contributed by atoms with E-state index in [0.29, 0.717) is 11.5 Å². The largest absolute Gasteiger partial charge is 0.380 e. The van der Waals surface area contributed by atoms with Crippen LogP contribution in [0, 0.1) is 5.41 Å². The van der Waals surface area contributed by atoms with Gasteiger partial charge in [0.05, 0.1) is 6.61 Å². The van der Waals surface area contributed by atoms with Gasteiger partial charge in [-0.25, -0.2) is 0 Å². The molecule has 0 saturated carbocycles. The van der Waals surface area contributed by atoms with E-state index in [1.54, 1.807) is 0 Å². The molecule has 2 nitrogen and oxygen atoms in total. The maximum Gasteiger partial charge on any atom is 0.0624 e. The highest BCUT2D eigenvalue weighted by atomic mass is 16.5. The van der Waals surface area contributed by atoms with Crippen molar-refractivity contribution in [2.75, 3.05) is 19.8 Å². The van der Waals surface area contributed by atoms with E-state index in [0.717, 1.165) is 26.2 Å². The topological polar surface area (TPSA) is 21.3 Å². The van der Waals surface area contributed by atoms with E-state index in [9.17, 15) is 0 Å². The van der Waals surface area contributed by atoms with Crippen molar-refractivity contribution in [2.24, 2.45) is 5.41 Å². The third kappa shape index (κ3) is 6.16. The van der Waals surface area contributed by atoms with Crippen molar-refractivity contribution in [3.05, 3.63) is 0 Å². The van der Waals surface area contributed by atoms with E-state index in [1.165, 1.54) is 12.8 Å². The first kappa shape index (κ1) is 14.9. The first-order chi connectivity index (χ1) is 7.08. The van der Waals surface area contributed by atoms with E-state index >= 15 is 0 Å². The number of ether oxygens (including phenoxy) is 1. The van der Waals surface area contributed by atoms with Crippen molar-refractivity contribution in [2.45, 2.75) is 59.9 Å². The van der Waals surface area contributed by atoms with Gasteiger partial charge in [-0.1, -0.05) is 34.6 Å². The van der Waals surface area contributed by atoms with Crippen LogP contribution in [0.4, 0.5) is 0 Å². The molecule has 0 aliphatic carbocycles. The van der Waals surface area contributed by atoms with Crippen LogP contribution in [0.25, 0.3) is 0 Å². The first-order valence-electron chi connectivity index (χ1n) is 6.39. The van der Waals surface area contributed by atoms with E-state index in [4.69, 9.17) is 4.74 Å². The zero-order chi connectivity index (χ0) is 11.7. The Kier molecular flexibility index (Phi) is 8.07. The molecule has 0 heterocycles. The second-order valence-corrected chi connectivity index (χ2v) is 4.92. The van der Waals surface area contributed by atoms with E-state index in [1.807, 2.05) is 0 Å². The predicted molar refractivity (Wildman–Crippen MR) is 67.3 cm³/mol. The lowest BCUT2D eigenvalue weighted by Gasteiger charge is -2.34. The highest BCUT2D eigenvalue weighted by Crippen LogP contribution is 2.25. The van der Waals surface area contributed by atoms with Crippen molar-refractivity contribution in [3.8, 4) is 0 Å².